The van der Waals surface area contributed by atoms with Crippen molar-refractivity contribution in [2.75, 3.05) is 0 Å². The summed E-state index contributed by atoms with van der Waals surface area (Å²) >= 11 is 0. The van der Waals surface area contributed by atoms with E-state index in [0.717, 1.165) is 12.3 Å². The van der Waals surface area contributed by atoms with Crippen molar-refractivity contribution in [1.82, 2.24) is 5.32 Å². The van der Waals surface area contributed by atoms with Crippen LogP contribution in [0.3, 0.4) is 0 Å². The molecule has 102 valence electrons. The van der Waals surface area contributed by atoms with Gasteiger partial charge in [-0.3, -0.25) is 4.79 Å². The van der Waals surface area contributed by atoms with Gasteiger partial charge in [0.2, 0.25) is 5.91 Å². The van der Waals surface area contributed by atoms with Gasteiger partial charge >= 0.3 is 0 Å². The number of carbonyl (C=O) groups excluding carboxylic acids is 1. The zero-order valence-electron chi connectivity index (χ0n) is 11.1. The molecule has 4 N–H and O–H groups in total. The van der Waals surface area contributed by atoms with Crippen LogP contribution in [-0.2, 0) is 4.79 Å². The van der Waals surface area contributed by atoms with E-state index in [-0.39, 0.29) is 17.8 Å². The summed E-state index contributed by atoms with van der Waals surface area (Å²) < 4.78 is 0. The first-order chi connectivity index (χ1) is 8.51. The van der Waals surface area contributed by atoms with E-state index >= 15 is 0 Å². The van der Waals surface area contributed by atoms with Crippen LogP contribution in [0.5, 0.6) is 0 Å². The maximum Gasteiger partial charge on any atom is 0.233 e. The van der Waals surface area contributed by atoms with Crippen LogP contribution in [0.25, 0.3) is 0 Å². The third-order valence-electron chi connectivity index (χ3n) is 4.94. The van der Waals surface area contributed by atoms with Crippen molar-refractivity contribution in [3.05, 3.63) is 0 Å². The summed E-state index contributed by atoms with van der Waals surface area (Å²) in [7, 11) is 0. The molecule has 0 heterocycles. The molecule has 4 unspecified atom stereocenters. The standard InChI is InChI=1S/C13H23N3O2/c1-3-13(2,11(14)16-18)12(17)15-10-7-8-4-5-9(10)6-8/h8-10,18H,3-7H2,1-2H3,(H2,14,16)(H,15,17). The number of hydrogen-bond acceptors (Lipinski definition) is 3. The number of fused-ring (bicyclic) bond motifs is 2. The second-order valence-electron chi connectivity index (χ2n) is 5.93. The minimum atomic E-state index is -0.906. The monoisotopic (exact) mass is 253 g/mol. The molecule has 0 spiro atoms. The fourth-order valence-corrected chi connectivity index (χ4v) is 3.32. The molecule has 2 bridgehead atoms. The van der Waals surface area contributed by atoms with Gasteiger partial charge in [-0.05, 0) is 44.4 Å². The Bertz CT molecular complexity index is 369. The Morgan fingerprint density at radius 2 is 2.22 bits per heavy atom. The fourth-order valence-electron chi connectivity index (χ4n) is 3.32. The lowest BCUT2D eigenvalue weighted by molar-refractivity contribution is -0.128. The number of rotatable bonds is 4. The molecule has 0 radical (unpaired) electrons. The quantitative estimate of drug-likeness (QED) is 0.307. The molecule has 5 nitrogen and oxygen atoms in total. The molecule has 0 aliphatic heterocycles. The average Bonchev–Trinajstić information content (AvgIpc) is 2.98. The van der Waals surface area contributed by atoms with Gasteiger partial charge in [-0.25, -0.2) is 0 Å². The van der Waals surface area contributed by atoms with Gasteiger partial charge in [-0.1, -0.05) is 18.5 Å². The molecule has 2 aliphatic rings. The smallest absolute Gasteiger partial charge is 0.233 e. The molecule has 4 atom stereocenters. The third kappa shape index (κ3) is 2.06. The number of nitrogens with zero attached hydrogens (tertiary/aromatic N) is 1. The molecule has 2 rings (SSSR count). The van der Waals surface area contributed by atoms with E-state index in [0.29, 0.717) is 12.3 Å². The number of hydrogen-bond donors (Lipinski definition) is 3. The lowest BCUT2D eigenvalue weighted by Crippen LogP contribution is -2.51. The molecule has 2 fully saturated rings. The summed E-state index contributed by atoms with van der Waals surface area (Å²) in [5.74, 6) is 1.30. The van der Waals surface area contributed by atoms with E-state index in [1.54, 1.807) is 6.92 Å². The zero-order valence-corrected chi connectivity index (χ0v) is 11.1. The normalized spacial score (nSPS) is 34.3. The average molecular weight is 253 g/mol. The Morgan fingerprint density at radius 3 is 2.67 bits per heavy atom. The third-order valence-corrected chi connectivity index (χ3v) is 4.94. The Hall–Kier alpha value is -1.26. The van der Waals surface area contributed by atoms with Crippen LogP contribution < -0.4 is 11.1 Å². The number of amides is 1. The molecular weight excluding hydrogens is 230 g/mol. The van der Waals surface area contributed by atoms with E-state index < -0.39 is 5.41 Å². The van der Waals surface area contributed by atoms with Crippen LogP contribution in [0.2, 0.25) is 0 Å². The Kier molecular flexibility index (Phi) is 3.50. The van der Waals surface area contributed by atoms with Crippen molar-refractivity contribution in [2.45, 2.75) is 52.0 Å². The van der Waals surface area contributed by atoms with Crippen molar-refractivity contribution < 1.29 is 10.0 Å². The second kappa shape index (κ2) is 4.78. The van der Waals surface area contributed by atoms with E-state index in [2.05, 4.69) is 10.5 Å². The molecule has 0 aromatic heterocycles. The van der Waals surface area contributed by atoms with E-state index in [1.165, 1.54) is 19.3 Å². The summed E-state index contributed by atoms with van der Waals surface area (Å²) in [6.45, 7) is 3.60. The number of nitrogens with one attached hydrogen (secondary N) is 1. The largest absolute Gasteiger partial charge is 0.409 e. The van der Waals surface area contributed by atoms with Crippen molar-refractivity contribution in [1.29, 1.82) is 0 Å². The number of nitrogens with two attached hydrogens (primary N) is 1. The summed E-state index contributed by atoms with van der Waals surface area (Å²) in [4.78, 5) is 12.3. The topological polar surface area (TPSA) is 87.7 Å². The van der Waals surface area contributed by atoms with Crippen LogP contribution in [0.15, 0.2) is 5.16 Å². The summed E-state index contributed by atoms with van der Waals surface area (Å²) in [5.41, 5.74) is 4.75. The van der Waals surface area contributed by atoms with E-state index in [9.17, 15) is 4.79 Å². The van der Waals surface area contributed by atoms with Crippen molar-refractivity contribution in [3.8, 4) is 0 Å². The minimum Gasteiger partial charge on any atom is -0.409 e. The molecular formula is C13H23N3O2. The van der Waals surface area contributed by atoms with Gasteiger partial charge in [-0.15, -0.1) is 0 Å². The second-order valence-corrected chi connectivity index (χ2v) is 5.93. The minimum absolute atomic E-state index is 0.00865. The Morgan fingerprint density at radius 1 is 1.50 bits per heavy atom. The summed E-state index contributed by atoms with van der Waals surface area (Å²) in [6.07, 6.45) is 5.39. The SMILES string of the molecule is CCC(C)(C(=O)NC1CC2CCC1C2)C(N)=NO. The van der Waals surface area contributed by atoms with Gasteiger partial charge < -0.3 is 16.3 Å². The molecule has 18 heavy (non-hydrogen) atoms. The van der Waals surface area contributed by atoms with Gasteiger partial charge in [0.15, 0.2) is 5.84 Å². The first-order valence-corrected chi connectivity index (χ1v) is 6.80. The molecule has 0 aromatic carbocycles. The fraction of sp³-hybridized carbons (Fsp3) is 0.846. The molecule has 2 aliphatic carbocycles. The van der Waals surface area contributed by atoms with Crippen molar-refractivity contribution in [2.24, 2.45) is 28.1 Å². The lowest BCUT2D eigenvalue weighted by Gasteiger charge is -2.30. The van der Waals surface area contributed by atoms with Crippen molar-refractivity contribution in [3.63, 3.8) is 0 Å². The first kappa shape index (κ1) is 13.2. The Balaban J connectivity index is 2.02. The number of amidine groups is 1. The highest BCUT2D eigenvalue weighted by atomic mass is 16.4. The maximum atomic E-state index is 12.3. The lowest BCUT2D eigenvalue weighted by atomic mass is 9.84. The highest BCUT2D eigenvalue weighted by molar-refractivity contribution is 6.06. The van der Waals surface area contributed by atoms with Crippen LogP contribution in [-0.4, -0.2) is 23.0 Å². The highest BCUT2D eigenvalue weighted by Gasteiger charge is 2.43. The molecule has 2 saturated carbocycles. The molecule has 0 aromatic rings. The zero-order chi connectivity index (χ0) is 13.3. The van der Waals surface area contributed by atoms with Gasteiger partial charge in [0, 0.05) is 6.04 Å². The van der Waals surface area contributed by atoms with Gasteiger partial charge in [0.1, 0.15) is 5.41 Å². The van der Waals surface area contributed by atoms with Gasteiger partial charge in [0.05, 0.1) is 0 Å². The molecule has 1 amide bonds. The maximum absolute atomic E-state index is 12.3. The van der Waals surface area contributed by atoms with Crippen LogP contribution in [0.1, 0.15) is 46.0 Å². The van der Waals surface area contributed by atoms with Crippen LogP contribution in [0.4, 0.5) is 0 Å². The predicted molar refractivity (Wildman–Crippen MR) is 69.2 cm³/mol. The van der Waals surface area contributed by atoms with E-state index in [1.807, 2.05) is 6.92 Å². The van der Waals surface area contributed by atoms with E-state index in [4.69, 9.17) is 10.9 Å². The van der Waals surface area contributed by atoms with Gasteiger partial charge in [0.25, 0.3) is 0 Å². The summed E-state index contributed by atoms with van der Waals surface area (Å²) in [5, 5.41) is 14.9. The first-order valence-electron chi connectivity index (χ1n) is 6.80. The van der Waals surface area contributed by atoms with Gasteiger partial charge in [-0.2, -0.15) is 0 Å². The molecule has 0 saturated heterocycles. The number of oxime groups is 1. The molecule has 5 heteroatoms. The van der Waals surface area contributed by atoms with Crippen LogP contribution >= 0.6 is 0 Å². The number of carbonyl (C=O) groups is 1. The Labute approximate surface area is 108 Å². The van der Waals surface area contributed by atoms with Crippen molar-refractivity contribution >= 4 is 11.7 Å². The van der Waals surface area contributed by atoms with Crippen LogP contribution in [0, 0.1) is 17.3 Å². The highest BCUT2D eigenvalue weighted by Crippen LogP contribution is 2.44. The predicted octanol–water partition coefficient (Wildman–Crippen LogP) is 1.45. The summed E-state index contributed by atoms with van der Waals surface area (Å²) in [6, 6.07) is 0.286.